The minimum absolute atomic E-state index is 0. The number of guanidine groups is 1. The van der Waals surface area contributed by atoms with Crippen molar-refractivity contribution in [2.45, 2.75) is 13.0 Å². The lowest BCUT2D eigenvalue weighted by molar-refractivity contribution is 0.214. The van der Waals surface area contributed by atoms with Crippen molar-refractivity contribution in [3.8, 4) is 18.1 Å². The van der Waals surface area contributed by atoms with Crippen LogP contribution in [0.1, 0.15) is 6.92 Å². The zero-order valence-electron chi connectivity index (χ0n) is 11.5. The lowest BCUT2D eigenvalue weighted by Crippen LogP contribution is -2.41. The van der Waals surface area contributed by atoms with E-state index in [1.807, 2.05) is 6.92 Å². The Labute approximate surface area is 136 Å². The minimum atomic E-state index is -0.371. The molecule has 6 heteroatoms. The first-order valence-electron chi connectivity index (χ1n) is 5.96. The number of nitrogens with zero attached hydrogens (tertiary/aromatic N) is 1. The van der Waals surface area contributed by atoms with E-state index in [-0.39, 0.29) is 41.6 Å². The smallest absolute Gasteiger partial charge is 0.191 e. The van der Waals surface area contributed by atoms with Gasteiger partial charge in [-0.3, -0.25) is 4.99 Å². The van der Waals surface area contributed by atoms with Gasteiger partial charge in [0.15, 0.2) is 17.5 Å². The number of hydrogen-bond donors (Lipinski definition) is 2. The number of nitrogens with one attached hydrogen (secondary N) is 2. The summed E-state index contributed by atoms with van der Waals surface area (Å²) in [5, 5.41) is 5.96. The number of terminal acetylenes is 1. The third-order valence-electron chi connectivity index (χ3n) is 2.30. The molecule has 0 heterocycles. The van der Waals surface area contributed by atoms with E-state index in [9.17, 15) is 4.39 Å². The van der Waals surface area contributed by atoms with Crippen LogP contribution in [0.5, 0.6) is 5.75 Å². The summed E-state index contributed by atoms with van der Waals surface area (Å²) in [4.78, 5) is 3.99. The summed E-state index contributed by atoms with van der Waals surface area (Å²) in [6, 6.07) is 6.31. The van der Waals surface area contributed by atoms with Gasteiger partial charge in [-0.25, -0.2) is 4.39 Å². The summed E-state index contributed by atoms with van der Waals surface area (Å²) in [7, 11) is 1.65. The molecule has 0 bridgehead atoms. The van der Waals surface area contributed by atoms with E-state index in [1.54, 1.807) is 25.2 Å². The van der Waals surface area contributed by atoms with Crippen molar-refractivity contribution in [1.29, 1.82) is 0 Å². The van der Waals surface area contributed by atoms with Crippen molar-refractivity contribution in [1.82, 2.24) is 10.6 Å². The minimum Gasteiger partial charge on any atom is -0.486 e. The molecule has 0 aliphatic carbocycles. The Hall–Kier alpha value is -1.49. The van der Waals surface area contributed by atoms with Crippen molar-refractivity contribution in [3.05, 3.63) is 30.1 Å². The Bertz CT molecular complexity index is 474. The molecular weight excluding hydrogens is 372 g/mol. The van der Waals surface area contributed by atoms with Crippen LogP contribution in [0.15, 0.2) is 29.3 Å². The van der Waals surface area contributed by atoms with Crippen LogP contribution in [-0.2, 0) is 0 Å². The molecule has 110 valence electrons. The van der Waals surface area contributed by atoms with E-state index in [2.05, 4.69) is 21.5 Å². The molecule has 2 N–H and O–H groups in total. The van der Waals surface area contributed by atoms with Gasteiger partial charge in [0.25, 0.3) is 0 Å². The summed E-state index contributed by atoms with van der Waals surface area (Å²) in [5.74, 6) is 2.91. The average molecular weight is 391 g/mol. The van der Waals surface area contributed by atoms with Gasteiger partial charge < -0.3 is 15.4 Å². The Morgan fingerprint density at radius 3 is 2.75 bits per heavy atom. The lowest BCUT2D eigenvalue weighted by atomic mass is 10.3. The topological polar surface area (TPSA) is 45.7 Å². The van der Waals surface area contributed by atoms with Crippen molar-refractivity contribution >= 4 is 29.9 Å². The van der Waals surface area contributed by atoms with Gasteiger partial charge >= 0.3 is 0 Å². The van der Waals surface area contributed by atoms with Crippen LogP contribution in [0.2, 0.25) is 0 Å². The standard InChI is InChI=1S/C14H18FN3O.HI/c1-4-9-17-14(16-3)18-10-11(2)19-13-8-6-5-7-12(13)15;/h1,5-8,11H,9-10H2,2-3H3,(H2,16,17,18);1H. The van der Waals surface area contributed by atoms with Gasteiger partial charge in [0.1, 0.15) is 6.10 Å². The lowest BCUT2D eigenvalue weighted by Gasteiger charge is -2.17. The molecule has 0 radical (unpaired) electrons. The molecule has 1 unspecified atom stereocenters. The van der Waals surface area contributed by atoms with Crippen LogP contribution in [0.4, 0.5) is 4.39 Å². The van der Waals surface area contributed by atoms with Crippen LogP contribution in [0.3, 0.4) is 0 Å². The highest BCUT2D eigenvalue weighted by atomic mass is 127. The molecule has 1 aromatic rings. The first kappa shape index (κ1) is 18.5. The molecule has 0 saturated carbocycles. The molecule has 0 spiro atoms. The Kier molecular flexibility index (Phi) is 9.55. The summed E-state index contributed by atoms with van der Waals surface area (Å²) in [5.41, 5.74) is 0. The maximum absolute atomic E-state index is 13.4. The molecule has 0 fully saturated rings. The van der Waals surface area contributed by atoms with Crippen molar-refractivity contribution in [3.63, 3.8) is 0 Å². The molecule has 1 aromatic carbocycles. The maximum atomic E-state index is 13.4. The van der Waals surface area contributed by atoms with Crippen molar-refractivity contribution in [2.24, 2.45) is 4.99 Å². The third-order valence-corrected chi connectivity index (χ3v) is 2.30. The molecule has 0 amide bonds. The second-order valence-electron chi connectivity index (χ2n) is 3.87. The molecule has 1 rings (SSSR count). The first-order valence-corrected chi connectivity index (χ1v) is 5.96. The van der Waals surface area contributed by atoms with Crippen LogP contribution >= 0.6 is 24.0 Å². The normalized spacial score (nSPS) is 11.8. The van der Waals surface area contributed by atoms with Crippen LogP contribution in [-0.4, -0.2) is 32.2 Å². The fraction of sp³-hybridized carbons (Fsp3) is 0.357. The summed E-state index contributed by atoms with van der Waals surface area (Å²) >= 11 is 0. The Morgan fingerprint density at radius 1 is 1.45 bits per heavy atom. The first-order chi connectivity index (χ1) is 9.17. The fourth-order valence-corrected chi connectivity index (χ4v) is 1.39. The summed E-state index contributed by atoms with van der Waals surface area (Å²) in [6.45, 7) is 2.72. The average Bonchev–Trinajstić information content (AvgIpc) is 2.41. The number of aliphatic imine (C=N–C) groups is 1. The van der Waals surface area contributed by atoms with Gasteiger partial charge in [-0.15, -0.1) is 30.4 Å². The van der Waals surface area contributed by atoms with Gasteiger partial charge in [-0.05, 0) is 19.1 Å². The predicted molar refractivity (Wildman–Crippen MR) is 90.1 cm³/mol. The van der Waals surface area contributed by atoms with E-state index in [0.717, 1.165) is 0 Å². The highest BCUT2D eigenvalue weighted by Gasteiger charge is 2.08. The third kappa shape index (κ3) is 6.61. The number of hydrogen-bond acceptors (Lipinski definition) is 2. The SMILES string of the molecule is C#CCNC(=NC)NCC(C)Oc1ccccc1F.I. The zero-order valence-corrected chi connectivity index (χ0v) is 13.9. The molecule has 1 atom stereocenters. The van der Waals surface area contributed by atoms with E-state index in [4.69, 9.17) is 11.2 Å². The molecule has 0 aliphatic heterocycles. The largest absolute Gasteiger partial charge is 0.486 e. The molecule has 0 saturated heterocycles. The second-order valence-corrected chi connectivity index (χ2v) is 3.87. The highest BCUT2D eigenvalue weighted by Crippen LogP contribution is 2.16. The number of benzene rings is 1. The number of rotatable bonds is 5. The van der Waals surface area contributed by atoms with Crippen LogP contribution in [0.25, 0.3) is 0 Å². The quantitative estimate of drug-likeness (QED) is 0.350. The Morgan fingerprint density at radius 2 is 2.15 bits per heavy atom. The van der Waals surface area contributed by atoms with E-state index in [0.29, 0.717) is 19.0 Å². The number of para-hydroxylation sites is 1. The van der Waals surface area contributed by atoms with Crippen molar-refractivity contribution in [2.75, 3.05) is 20.1 Å². The predicted octanol–water partition coefficient (Wildman–Crippen LogP) is 2.01. The Balaban J connectivity index is 0.00000361. The second kappa shape index (κ2) is 10.3. The monoisotopic (exact) mass is 391 g/mol. The van der Waals surface area contributed by atoms with Gasteiger partial charge in [0.2, 0.25) is 0 Å². The molecular formula is C14H19FIN3O. The molecule has 4 nitrogen and oxygen atoms in total. The van der Waals surface area contributed by atoms with Gasteiger partial charge in [-0.2, -0.15) is 0 Å². The van der Waals surface area contributed by atoms with Gasteiger partial charge in [-0.1, -0.05) is 18.1 Å². The number of halogens is 2. The molecule has 0 aliphatic rings. The van der Waals surface area contributed by atoms with E-state index < -0.39 is 0 Å². The zero-order chi connectivity index (χ0) is 14.1. The summed E-state index contributed by atoms with van der Waals surface area (Å²) in [6.07, 6.45) is 4.94. The summed E-state index contributed by atoms with van der Waals surface area (Å²) < 4.78 is 18.9. The van der Waals surface area contributed by atoms with Gasteiger partial charge in [0, 0.05) is 7.05 Å². The number of ether oxygens (including phenoxy) is 1. The van der Waals surface area contributed by atoms with Gasteiger partial charge in [0.05, 0.1) is 13.1 Å². The van der Waals surface area contributed by atoms with E-state index in [1.165, 1.54) is 6.07 Å². The molecule has 0 aromatic heterocycles. The molecule has 20 heavy (non-hydrogen) atoms. The fourth-order valence-electron chi connectivity index (χ4n) is 1.39. The van der Waals surface area contributed by atoms with Crippen molar-refractivity contribution < 1.29 is 9.13 Å². The van der Waals surface area contributed by atoms with Crippen LogP contribution in [0, 0.1) is 18.2 Å². The van der Waals surface area contributed by atoms with E-state index >= 15 is 0 Å². The van der Waals surface area contributed by atoms with Crippen LogP contribution < -0.4 is 15.4 Å². The highest BCUT2D eigenvalue weighted by molar-refractivity contribution is 14.0. The maximum Gasteiger partial charge on any atom is 0.191 e.